The molecule has 6 aromatic carbocycles. The first-order valence-electron chi connectivity index (χ1n) is 18.2. The van der Waals surface area contributed by atoms with Gasteiger partial charge >= 0.3 is 12.4 Å². The quantitative estimate of drug-likeness (QED) is 0.165. The fourth-order valence-electron chi connectivity index (χ4n) is 7.83. The molecule has 0 atom stereocenters. The van der Waals surface area contributed by atoms with E-state index in [1.54, 1.807) is 0 Å². The van der Waals surface area contributed by atoms with E-state index in [2.05, 4.69) is 59.7 Å². The van der Waals surface area contributed by atoms with E-state index in [0.29, 0.717) is 28.5 Å². The Morgan fingerprint density at radius 1 is 0.464 bits per heavy atom. The van der Waals surface area contributed by atoms with Gasteiger partial charge in [-0.3, -0.25) is 0 Å². The molecule has 0 N–H and O–H groups in total. The van der Waals surface area contributed by atoms with Crippen LogP contribution in [0.3, 0.4) is 0 Å². The van der Waals surface area contributed by atoms with E-state index >= 15 is 0 Å². The van der Waals surface area contributed by atoms with Gasteiger partial charge in [-0.1, -0.05) is 108 Å². The maximum Gasteiger partial charge on any atom is 0.417 e. The predicted octanol–water partition coefficient (Wildman–Crippen LogP) is 14.1. The second-order valence-corrected chi connectivity index (χ2v) is 16.4. The SMILES string of the molecule is CC(C)(C)c1ccc2c3ccccc3n(-c3cc(-c4ccc(C(F)(F)F)cc4C(F)(F)F)cc(-n4c5ccccc5c5ccc(C(C)(C)C)cc54)c3C#N)c2c1. The Morgan fingerprint density at radius 2 is 0.893 bits per heavy atom. The molecule has 8 rings (SSSR count). The maximum absolute atomic E-state index is 14.9. The second-order valence-electron chi connectivity index (χ2n) is 16.4. The Morgan fingerprint density at radius 3 is 1.30 bits per heavy atom. The number of nitrogens with zero attached hydrogens (tertiary/aromatic N) is 3. The minimum Gasteiger partial charge on any atom is -0.308 e. The number of benzene rings is 6. The lowest BCUT2D eigenvalue weighted by atomic mass is 9.86. The van der Waals surface area contributed by atoms with Crippen molar-refractivity contribution in [3.8, 4) is 28.6 Å². The molecule has 56 heavy (non-hydrogen) atoms. The van der Waals surface area contributed by atoms with Crippen molar-refractivity contribution >= 4 is 43.6 Å². The zero-order chi connectivity index (χ0) is 40.1. The van der Waals surface area contributed by atoms with Gasteiger partial charge in [-0.25, -0.2) is 0 Å². The second kappa shape index (κ2) is 12.5. The van der Waals surface area contributed by atoms with Crippen LogP contribution in [0.1, 0.15) is 69.4 Å². The zero-order valence-electron chi connectivity index (χ0n) is 31.6. The fourth-order valence-corrected chi connectivity index (χ4v) is 7.83. The minimum absolute atomic E-state index is 0.00543. The Balaban J connectivity index is 1.59. The van der Waals surface area contributed by atoms with E-state index < -0.39 is 29.0 Å². The van der Waals surface area contributed by atoms with Gasteiger partial charge in [-0.2, -0.15) is 31.6 Å². The summed E-state index contributed by atoms with van der Waals surface area (Å²) in [4.78, 5) is 0. The summed E-state index contributed by atoms with van der Waals surface area (Å²) in [5.41, 5.74) is 1.88. The third-order valence-corrected chi connectivity index (χ3v) is 10.7. The van der Waals surface area contributed by atoms with Crippen molar-refractivity contribution in [3.05, 3.63) is 143 Å². The summed E-state index contributed by atoms with van der Waals surface area (Å²) in [5, 5.41) is 14.7. The van der Waals surface area contributed by atoms with Crippen LogP contribution in [0.15, 0.2) is 115 Å². The first-order valence-corrected chi connectivity index (χ1v) is 18.2. The van der Waals surface area contributed by atoms with Crippen molar-refractivity contribution in [3.63, 3.8) is 0 Å². The molecule has 0 saturated carbocycles. The predicted molar refractivity (Wildman–Crippen MR) is 213 cm³/mol. The van der Waals surface area contributed by atoms with Crippen LogP contribution in [-0.4, -0.2) is 9.13 Å². The Labute approximate surface area is 320 Å². The molecule has 0 amide bonds. The number of alkyl halides is 6. The standard InChI is InChI=1S/C47H37F6N3/c1-44(2,3)28-15-19-34-32-11-7-9-13-38(32)55(42(34)24-28)40-21-27(31-18-17-30(46(48,49)50)23-37(31)47(51,52)53)22-41(36(40)26-54)56-39-14-10-8-12-33(39)35-20-16-29(25-43(35)56)45(4,5)6/h7-25H,1-6H3. The van der Waals surface area contributed by atoms with Gasteiger partial charge in [0.25, 0.3) is 0 Å². The molecule has 0 aliphatic carbocycles. The number of para-hydroxylation sites is 2. The van der Waals surface area contributed by atoms with Crippen LogP contribution >= 0.6 is 0 Å². The largest absolute Gasteiger partial charge is 0.417 e. The first kappa shape index (κ1) is 36.9. The first-order chi connectivity index (χ1) is 26.3. The molecule has 0 bridgehead atoms. The number of fused-ring (bicyclic) bond motifs is 6. The van der Waals surface area contributed by atoms with Crippen LogP contribution in [0.4, 0.5) is 26.3 Å². The van der Waals surface area contributed by atoms with Gasteiger partial charge in [0, 0.05) is 21.5 Å². The van der Waals surface area contributed by atoms with Gasteiger partial charge in [0.1, 0.15) is 11.6 Å². The monoisotopic (exact) mass is 757 g/mol. The molecule has 0 saturated heterocycles. The maximum atomic E-state index is 14.9. The van der Waals surface area contributed by atoms with Gasteiger partial charge in [-0.05, 0) is 81.6 Å². The van der Waals surface area contributed by atoms with Crippen LogP contribution in [0, 0.1) is 11.3 Å². The van der Waals surface area contributed by atoms with Crippen molar-refractivity contribution in [2.45, 2.75) is 64.7 Å². The summed E-state index contributed by atoms with van der Waals surface area (Å²) in [7, 11) is 0. The van der Waals surface area contributed by atoms with Crippen LogP contribution in [0.2, 0.25) is 0 Å². The highest BCUT2D eigenvalue weighted by molar-refractivity contribution is 6.11. The average molecular weight is 758 g/mol. The van der Waals surface area contributed by atoms with Crippen LogP contribution < -0.4 is 0 Å². The highest BCUT2D eigenvalue weighted by Crippen LogP contribution is 2.45. The molecule has 0 spiro atoms. The van der Waals surface area contributed by atoms with Crippen molar-refractivity contribution in [1.82, 2.24) is 9.13 Å². The molecule has 0 unspecified atom stereocenters. The van der Waals surface area contributed by atoms with Gasteiger partial charge in [0.2, 0.25) is 0 Å². The van der Waals surface area contributed by atoms with E-state index in [-0.39, 0.29) is 28.0 Å². The van der Waals surface area contributed by atoms with Crippen LogP contribution in [-0.2, 0) is 23.2 Å². The van der Waals surface area contributed by atoms with Crippen molar-refractivity contribution < 1.29 is 26.3 Å². The summed E-state index contributed by atoms with van der Waals surface area (Å²) in [5.74, 6) is 0. The summed E-state index contributed by atoms with van der Waals surface area (Å²) in [6.45, 7) is 12.5. The summed E-state index contributed by atoms with van der Waals surface area (Å²) < 4.78 is 90.2. The molecule has 0 aliphatic heterocycles. The lowest BCUT2D eigenvalue weighted by Crippen LogP contribution is -2.13. The van der Waals surface area contributed by atoms with Gasteiger partial charge in [0.05, 0.1) is 44.6 Å². The van der Waals surface area contributed by atoms with Crippen molar-refractivity contribution in [2.75, 3.05) is 0 Å². The minimum atomic E-state index is -5.13. The molecule has 0 aliphatic rings. The third kappa shape index (κ3) is 5.99. The molecule has 282 valence electrons. The number of hydrogen-bond donors (Lipinski definition) is 0. The van der Waals surface area contributed by atoms with Crippen molar-refractivity contribution in [1.29, 1.82) is 5.26 Å². The number of nitriles is 1. The lowest BCUT2D eigenvalue weighted by Gasteiger charge is -2.22. The fraction of sp³-hybridized carbons (Fsp3) is 0.213. The molecular weight excluding hydrogens is 721 g/mol. The Bertz CT molecular complexity index is 2770. The van der Waals surface area contributed by atoms with E-state index in [4.69, 9.17) is 0 Å². The zero-order valence-corrected chi connectivity index (χ0v) is 31.6. The third-order valence-electron chi connectivity index (χ3n) is 10.7. The van der Waals surface area contributed by atoms with Gasteiger partial charge in [0.15, 0.2) is 0 Å². The molecule has 9 heteroatoms. The highest BCUT2D eigenvalue weighted by Gasteiger charge is 2.39. The summed E-state index contributed by atoms with van der Waals surface area (Å²) in [6.07, 6.45) is -10.1. The van der Waals surface area contributed by atoms with E-state index in [0.717, 1.165) is 49.8 Å². The average Bonchev–Trinajstić information content (AvgIpc) is 3.64. The number of halogens is 6. The van der Waals surface area contributed by atoms with Crippen LogP contribution in [0.25, 0.3) is 66.1 Å². The smallest absolute Gasteiger partial charge is 0.308 e. The Kier molecular flexibility index (Phi) is 8.25. The number of rotatable bonds is 3. The molecule has 3 nitrogen and oxygen atoms in total. The highest BCUT2D eigenvalue weighted by atomic mass is 19.4. The summed E-state index contributed by atoms with van der Waals surface area (Å²) >= 11 is 0. The molecule has 2 heterocycles. The molecule has 8 aromatic rings. The molecular formula is C47H37F6N3. The summed E-state index contributed by atoms with van der Waals surface area (Å²) in [6, 6.07) is 34.6. The topological polar surface area (TPSA) is 33.6 Å². The van der Waals surface area contributed by atoms with Crippen LogP contribution in [0.5, 0.6) is 0 Å². The van der Waals surface area contributed by atoms with E-state index in [1.165, 1.54) is 12.1 Å². The number of hydrogen-bond acceptors (Lipinski definition) is 1. The molecule has 2 aromatic heterocycles. The number of aromatic nitrogens is 2. The van der Waals surface area contributed by atoms with Gasteiger partial charge < -0.3 is 9.13 Å². The van der Waals surface area contributed by atoms with E-state index in [1.807, 2.05) is 81.9 Å². The van der Waals surface area contributed by atoms with E-state index in [9.17, 15) is 31.6 Å². The van der Waals surface area contributed by atoms with Gasteiger partial charge in [-0.15, -0.1) is 0 Å². The molecule has 0 radical (unpaired) electrons. The lowest BCUT2D eigenvalue weighted by molar-refractivity contribution is -0.142. The Hall–Kier alpha value is -6.01. The molecule has 0 fully saturated rings. The van der Waals surface area contributed by atoms with Crippen molar-refractivity contribution in [2.24, 2.45) is 0 Å². The normalized spacial score (nSPS) is 13.0.